The smallest absolute Gasteiger partial charge is 0.323 e. The number of amides is 3. The molecule has 0 saturated heterocycles. The first-order valence-electron chi connectivity index (χ1n) is 15.8. The van der Waals surface area contributed by atoms with Crippen molar-refractivity contribution in [3.8, 4) is 5.75 Å². The lowest BCUT2D eigenvalue weighted by Gasteiger charge is -2.36. The standard InChI is InChI=1S/C35H47N5O5/c1-25-21-40(26(2)24-41)34(42)31-20-30(38-35(43)37-29-11-6-5-7-12-29)13-14-32(31)45-27(3)10-8-9-19-44-33(25)23-39(4)22-28-15-17-36-18-16-28/h5-7,11-18,20,25-27,33,41H,8-10,19,21-24H2,1-4H3,(H2,37,38,43)/t25-,26+,27+,33-/m0/s1. The Labute approximate surface area is 266 Å². The van der Waals surface area contributed by atoms with Crippen LogP contribution in [0.25, 0.3) is 0 Å². The van der Waals surface area contributed by atoms with Crippen LogP contribution in [0, 0.1) is 5.92 Å². The molecule has 0 aliphatic carbocycles. The van der Waals surface area contributed by atoms with Gasteiger partial charge >= 0.3 is 6.03 Å². The van der Waals surface area contributed by atoms with Gasteiger partial charge in [0, 0.05) is 55.9 Å². The van der Waals surface area contributed by atoms with Crippen LogP contribution in [0.1, 0.15) is 56.0 Å². The van der Waals surface area contributed by atoms with Crippen LogP contribution in [0.15, 0.2) is 73.1 Å². The van der Waals surface area contributed by atoms with Gasteiger partial charge in [-0.2, -0.15) is 0 Å². The summed E-state index contributed by atoms with van der Waals surface area (Å²) in [5, 5.41) is 15.8. The SMILES string of the molecule is C[C@@H]1CCCCO[C@@H](CN(C)Cc2ccncc2)[C@@H](C)CN([C@H](C)CO)C(=O)c2cc(NC(=O)Nc3ccccc3)ccc2O1. The van der Waals surface area contributed by atoms with Gasteiger partial charge in [-0.1, -0.05) is 25.1 Å². The first-order valence-corrected chi connectivity index (χ1v) is 15.8. The molecule has 0 unspecified atom stereocenters. The number of aromatic nitrogens is 1. The fraction of sp³-hybridized carbons (Fsp3) is 0.457. The highest BCUT2D eigenvalue weighted by Crippen LogP contribution is 2.28. The largest absolute Gasteiger partial charge is 0.490 e. The molecule has 3 aromatic rings. The average Bonchev–Trinajstić information content (AvgIpc) is 3.03. The molecule has 3 amide bonds. The number of benzene rings is 2. The summed E-state index contributed by atoms with van der Waals surface area (Å²) < 4.78 is 12.8. The molecule has 45 heavy (non-hydrogen) atoms. The summed E-state index contributed by atoms with van der Waals surface area (Å²) in [5.41, 5.74) is 2.61. The maximum atomic E-state index is 14.3. The van der Waals surface area contributed by atoms with Gasteiger partial charge in [0.25, 0.3) is 5.91 Å². The Balaban J connectivity index is 1.59. The molecular formula is C35H47N5O5. The fourth-order valence-corrected chi connectivity index (χ4v) is 5.45. The van der Waals surface area contributed by atoms with Crippen molar-refractivity contribution in [2.75, 3.05) is 44.0 Å². The summed E-state index contributed by atoms with van der Waals surface area (Å²) in [4.78, 5) is 35.1. The molecule has 4 rings (SSSR count). The zero-order chi connectivity index (χ0) is 32.2. The van der Waals surface area contributed by atoms with Crippen LogP contribution in [0.3, 0.4) is 0 Å². The fourth-order valence-electron chi connectivity index (χ4n) is 5.45. The van der Waals surface area contributed by atoms with Crippen molar-refractivity contribution in [3.63, 3.8) is 0 Å². The summed E-state index contributed by atoms with van der Waals surface area (Å²) in [6.45, 7) is 8.13. The van der Waals surface area contributed by atoms with E-state index in [1.807, 2.05) is 44.2 Å². The Morgan fingerprint density at radius 3 is 2.53 bits per heavy atom. The minimum Gasteiger partial charge on any atom is -0.490 e. The van der Waals surface area contributed by atoms with Gasteiger partial charge in [0.1, 0.15) is 5.75 Å². The van der Waals surface area contributed by atoms with E-state index in [2.05, 4.69) is 34.5 Å². The van der Waals surface area contributed by atoms with Crippen LogP contribution in [0.5, 0.6) is 5.75 Å². The molecule has 10 nitrogen and oxygen atoms in total. The minimum absolute atomic E-state index is 0.0352. The van der Waals surface area contributed by atoms with E-state index in [1.165, 1.54) is 5.56 Å². The van der Waals surface area contributed by atoms with Gasteiger partial charge in [0.15, 0.2) is 0 Å². The number of hydrogen-bond acceptors (Lipinski definition) is 7. The van der Waals surface area contributed by atoms with E-state index in [0.29, 0.717) is 42.4 Å². The van der Waals surface area contributed by atoms with Crippen LogP contribution in [-0.2, 0) is 11.3 Å². The molecule has 0 spiro atoms. The highest BCUT2D eigenvalue weighted by atomic mass is 16.5. The topological polar surface area (TPSA) is 116 Å². The van der Waals surface area contributed by atoms with E-state index in [-0.39, 0.29) is 30.6 Å². The second kappa shape index (κ2) is 16.9. The van der Waals surface area contributed by atoms with Crippen LogP contribution in [0.4, 0.5) is 16.2 Å². The number of nitrogens with one attached hydrogen (secondary N) is 2. The number of aliphatic hydroxyl groups excluding tert-OH is 1. The lowest BCUT2D eigenvalue weighted by Crippen LogP contribution is -2.47. The second-order valence-electron chi connectivity index (χ2n) is 12.0. The van der Waals surface area contributed by atoms with Crippen molar-refractivity contribution >= 4 is 23.3 Å². The number of urea groups is 1. The molecular weight excluding hydrogens is 570 g/mol. The molecule has 2 aromatic carbocycles. The normalized spacial score (nSPS) is 20.4. The van der Waals surface area contributed by atoms with Gasteiger partial charge in [0.05, 0.1) is 30.4 Å². The summed E-state index contributed by atoms with van der Waals surface area (Å²) in [6.07, 6.45) is 5.94. The molecule has 0 saturated carbocycles. The van der Waals surface area contributed by atoms with Gasteiger partial charge < -0.3 is 30.1 Å². The quantitative estimate of drug-likeness (QED) is 0.299. The number of carbonyl (C=O) groups is 2. The highest BCUT2D eigenvalue weighted by molar-refractivity contribution is 6.02. The Kier molecular flexibility index (Phi) is 12.7. The van der Waals surface area contributed by atoms with Crippen molar-refractivity contribution in [1.29, 1.82) is 0 Å². The molecule has 1 aliphatic heterocycles. The number of aliphatic hydroxyl groups is 1. The molecule has 4 atom stereocenters. The van der Waals surface area contributed by atoms with E-state index in [4.69, 9.17) is 9.47 Å². The van der Waals surface area contributed by atoms with Gasteiger partial charge in [-0.25, -0.2) is 4.79 Å². The Bertz CT molecular complexity index is 1360. The number of fused-ring (bicyclic) bond motifs is 1. The third-order valence-corrected chi connectivity index (χ3v) is 8.03. The number of anilines is 2. The monoisotopic (exact) mass is 617 g/mol. The molecule has 2 heterocycles. The number of nitrogens with zero attached hydrogens (tertiary/aromatic N) is 3. The number of likely N-dealkylation sites (N-methyl/N-ethyl adjacent to an activating group) is 1. The van der Waals surface area contributed by atoms with Crippen LogP contribution < -0.4 is 15.4 Å². The molecule has 3 N–H and O–H groups in total. The number of pyridine rings is 1. The zero-order valence-electron chi connectivity index (χ0n) is 26.8. The zero-order valence-corrected chi connectivity index (χ0v) is 26.8. The summed E-state index contributed by atoms with van der Waals surface area (Å²) >= 11 is 0. The molecule has 1 aromatic heterocycles. The van der Waals surface area contributed by atoms with Crippen LogP contribution >= 0.6 is 0 Å². The molecule has 0 fully saturated rings. The Hall–Kier alpha value is -3.99. The number of hydrogen-bond donors (Lipinski definition) is 3. The lowest BCUT2D eigenvalue weighted by molar-refractivity contribution is -0.0177. The number of ether oxygens (including phenoxy) is 2. The van der Waals surface area contributed by atoms with E-state index in [0.717, 1.165) is 25.8 Å². The predicted molar refractivity (Wildman–Crippen MR) is 177 cm³/mol. The van der Waals surface area contributed by atoms with Crippen LogP contribution in [0.2, 0.25) is 0 Å². The van der Waals surface area contributed by atoms with E-state index < -0.39 is 12.1 Å². The third kappa shape index (κ3) is 10.3. The van der Waals surface area contributed by atoms with E-state index in [9.17, 15) is 14.7 Å². The second-order valence-corrected chi connectivity index (χ2v) is 12.0. The summed E-state index contributed by atoms with van der Waals surface area (Å²) in [6, 6.07) is 17.4. The summed E-state index contributed by atoms with van der Waals surface area (Å²) in [7, 11) is 2.07. The lowest BCUT2D eigenvalue weighted by atomic mass is 10.0. The van der Waals surface area contributed by atoms with Crippen molar-refractivity contribution in [2.45, 2.75) is 64.8 Å². The Morgan fingerprint density at radius 1 is 1.07 bits per heavy atom. The molecule has 1 aliphatic rings. The van der Waals surface area contributed by atoms with Crippen LogP contribution in [-0.4, -0.2) is 83.4 Å². The predicted octanol–water partition coefficient (Wildman–Crippen LogP) is 5.65. The molecule has 0 radical (unpaired) electrons. The highest BCUT2D eigenvalue weighted by Gasteiger charge is 2.30. The third-order valence-electron chi connectivity index (χ3n) is 8.03. The van der Waals surface area contributed by atoms with E-state index in [1.54, 1.807) is 47.6 Å². The molecule has 10 heteroatoms. The first-order chi connectivity index (χ1) is 21.7. The number of carbonyl (C=O) groups excluding carboxylic acids is 2. The first kappa shape index (κ1) is 33.9. The molecule has 242 valence electrons. The van der Waals surface area contributed by atoms with Gasteiger partial charge in [-0.05, 0) is 88.2 Å². The van der Waals surface area contributed by atoms with Crippen molar-refractivity contribution < 1.29 is 24.2 Å². The van der Waals surface area contributed by atoms with Crippen molar-refractivity contribution in [1.82, 2.24) is 14.8 Å². The van der Waals surface area contributed by atoms with E-state index >= 15 is 0 Å². The average molecular weight is 618 g/mol. The number of para-hydroxylation sites is 1. The van der Waals surface area contributed by atoms with Gasteiger partial charge in [-0.15, -0.1) is 0 Å². The maximum Gasteiger partial charge on any atom is 0.323 e. The number of rotatable bonds is 8. The molecule has 0 bridgehead atoms. The van der Waals surface area contributed by atoms with Crippen molar-refractivity contribution in [2.24, 2.45) is 5.92 Å². The maximum absolute atomic E-state index is 14.3. The van der Waals surface area contributed by atoms with Gasteiger partial charge in [0.2, 0.25) is 0 Å². The minimum atomic E-state index is -0.452. The van der Waals surface area contributed by atoms with Crippen molar-refractivity contribution in [3.05, 3.63) is 84.2 Å². The van der Waals surface area contributed by atoms with Gasteiger partial charge in [-0.3, -0.25) is 14.7 Å². The Morgan fingerprint density at radius 2 is 1.80 bits per heavy atom. The summed E-state index contributed by atoms with van der Waals surface area (Å²) in [5.74, 6) is 0.136.